The maximum absolute atomic E-state index is 13.7. The second kappa shape index (κ2) is 6.74. The number of sulfonamides is 1. The molecule has 1 aromatic carbocycles. The summed E-state index contributed by atoms with van der Waals surface area (Å²) in [6.07, 6.45) is -3.69. The van der Waals surface area contributed by atoms with Crippen LogP contribution in [0, 0.1) is 5.82 Å². The van der Waals surface area contributed by atoms with Crippen molar-refractivity contribution in [1.29, 1.82) is 0 Å². The predicted octanol–water partition coefficient (Wildman–Crippen LogP) is 2.61. The van der Waals surface area contributed by atoms with Crippen molar-refractivity contribution in [1.82, 2.24) is 9.62 Å². The van der Waals surface area contributed by atoms with Gasteiger partial charge in [0.05, 0.1) is 10.5 Å². The van der Waals surface area contributed by atoms with Gasteiger partial charge in [0.15, 0.2) is 0 Å². The van der Waals surface area contributed by atoms with E-state index in [0.29, 0.717) is 38.1 Å². The summed E-state index contributed by atoms with van der Waals surface area (Å²) < 4.78 is 78.1. The molecule has 0 aliphatic carbocycles. The first-order valence-electron chi connectivity index (χ1n) is 7.27. The van der Waals surface area contributed by atoms with E-state index in [2.05, 4.69) is 5.32 Å². The van der Waals surface area contributed by atoms with E-state index in [-0.39, 0.29) is 12.6 Å². The van der Waals surface area contributed by atoms with E-state index in [4.69, 9.17) is 0 Å². The quantitative estimate of drug-likeness (QED) is 0.827. The highest BCUT2D eigenvalue weighted by molar-refractivity contribution is 7.89. The molecule has 2 rings (SSSR count). The Bertz CT molecular complexity index is 655. The number of nitrogens with zero attached hydrogens (tertiary/aromatic N) is 1. The second-order valence-corrected chi connectivity index (χ2v) is 7.29. The van der Waals surface area contributed by atoms with Crippen molar-refractivity contribution in [3.05, 3.63) is 29.6 Å². The fourth-order valence-electron chi connectivity index (χ4n) is 2.63. The van der Waals surface area contributed by atoms with E-state index in [1.807, 2.05) is 0 Å². The number of rotatable bonds is 5. The lowest BCUT2D eigenvalue weighted by Gasteiger charge is -2.27. The smallest absolute Gasteiger partial charge is 0.315 e. The maximum atomic E-state index is 13.7. The van der Waals surface area contributed by atoms with Crippen LogP contribution in [0.5, 0.6) is 0 Å². The molecule has 0 bridgehead atoms. The van der Waals surface area contributed by atoms with Crippen LogP contribution in [0.1, 0.15) is 25.3 Å². The fourth-order valence-corrected chi connectivity index (χ4v) is 4.38. The molecule has 4 nitrogen and oxygen atoms in total. The molecule has 1 fully saturated rings. The van der Waals surface area contributed by atoms with Crippen LogP contribution in [0.4, 0.5) is 17.6 Å². The number of hydrogen-bond donors (Lipinski definition) is 1. The van der Waals surface area contributed by atoms with E-state index in [9.17, 15) is 26.0 Å². The molecule has 0 radical (unpaired) electrons. The normalized spacial score (nSPS) is 19.5. The Morgan fingerprint density at radius 3 is 2.52 bits per heavy atom. The highest BCUT2D eigenvalue weighted by atomic mass is 32.2. The first-order valence-corrected chi connectivity index (χ1v) is 8.71. The van der Waals surface area contributed by atoms with Crippen molar-refractivity contribution in [2.24, 2.45) is 0 Å². The Hall–Kier alpha value is -1.19. The van der Waals surface area contributed by atoms with Gasteiger partial charge in [-0.2, -0.15) is 17.5 Å². The van der Waals surface area contributed by atoms with E-state index in [1.165, 1.54) is 4.31 Å². The molecule has 1 atom stereocenters. The molecule has 1 saturated heterocycles. The van der Waals surface area contributed by atoms with Gasteiger partial charge in [-0.25, -0.2) is 12.8 Å². The molecule has 0 aromatic heterocycles. The third-order valence-corrected chi connectivity index (χ3v) is 5.69. The maximum Gasteiger partial charge on any atom is 0.419 e. The zero-order valence-electron chi connectivity index (χ0n) is 12.5. The first kappa shape index (κ1) is 18.2. The van der Waals surface area contributed by atoms with Gasteiger partial charge >= 0.3 is 6.18 Å². The summed E-state index contributed by atoms with van der Waals surface area (Å²) in [6.45, 7) is 3.18. The molecule has 1 aliphatic heterocycles. The van der Waals surface area contributed by atoms with Gasteiger partial charge in [0.1, 0.15) is 5.82 Å². The van der Waals surface area contributed by atoms with Crippen molar-refractivity contribution in [2.45, 2.75) is 36.9 Å². The minimum absolute atomic E-state index is 0.233. The van der Waals surface area contributed by atoms with Gasteiger partial charge in [0, 0.05) is 19.1 Å². The zero-order chi connectivity index (χ0) is 17.3. The van der Waals surface area contributed by atoms with Gasteiger partial charge in [0.2, 0.25) is 10.0 Å². The fraction of sp³-hybridized carbons (Fsp3) is 0.571. The van der Waals surface area contributed by atoms with Gasteiger partial charge in [-0.1, -0.05) is 6.92 Å². The second-order valence-electron chi connectivity index (χ2n) is 5.40. The predicted molar refractivity (Wildman–Crippen MR) is 76.9 cm³/mol. The highest BCUT2D eigenvalue weighted by Gasteiger charge is 2.37. The molecule has 9 heteroatoms. The third-order valence-electron chi connectivity index (χ3n) is 3.74. The Labute approximate surface area is 132 Å². The summed E-state index contributed by atoms with van der Waals surface area (Å²) in [6, 6.07) is 1.46. The first-order chi connectivity index (χ1) is 10.7. The molecule has 0 amide bonds. The van der Waals surface area contributed by atoms with E-state index in [1.54, 1.807) is 6.92 Å². The Morgan fingerprint density at radius 2 is 2.04 bits per heavy atom. The van der Waals surface area contributed by atoms with Crippen molar-refractivity contribution in [3.8, 4) is 0 Å². The molecular weight excluding hydrogens is 336 g/mol. The molecule has 1 aliphatic rings. The van der Waals surface area contributed by atoms with Crippen molar-refractivity contribution in [3.63, 3.8) is 0 Å². The highest BCUT2D eigenvalue weighted by Crippen LogP contribution is 2.33. The molecule has 23 heavy (non-hydrogen) atoms. The largest absolute Gasteiger partial charge is 0.419 e. The van der Waals surface area contributed by atoms with Crippen LogP contribution in [-0.2, 0) is 16.2 Å². The Morgan fingerprint density at radius 1 is 1.35 bits per heavy atom. The summed E-state index contributed by atoms with van der Waals surface area (Å²) in [4.78, 5) is -0.455. The van der Waals surface area contributed by atoms with Gasteiger partial charge in [0.25, 0.3) is 0 Å². The summed E-state index contributed by atoms with van der Waals surface area (Å²) in [7, 11) is -4.05. The van der Waals surface area contributed by atoms with Crippen LogP contribution in [0.2, 0.25) is 0 Å². The lowest BCUT2D eigenvalue weighted by molar-refractivity contribution is -0.140. The lowest BCUT2D eigenvalue weighted by atomic mass is 10.2. The average Bonchev–Trinajstić information content (AvgIpc) is 2.96. The topological polar surface area (TPSA) is 49.4 Å². The van der Waals surface area contributed by atoms with Crippen LogP contribution in [-0.4, -0.2) is 38.4 Å². The van der Waals surface area contributed by atoms with Crippen molar-refractivity contribution < 1.29 is 26.0 Å². The van der Waals surface area contributed by atoms with E-state index in [0.717, 1.165) is 6.07 Å². The molecular formula is C14H18F4N2O2S. The zero-order valence-corrected chi connectivity index (χ0v) is 13.3. The monoisotopic (exact) mass is 354 g/mol. The third kappa shape index (κ3) is 3.84. The summed E-state index contributed by atoms with van der Waals surface area (Å²) in [5.74, 6) is -1.58. The Balaban J connectivity index is 2.39. The summed E-state index contributed by atoms with van der Waals surface area (Å²) in [5.41, 5.74) is -1.47. The SMILES string of the molecule is CCCN(C1CCNC1)S(=O)(=O)c1ccc(C(F)(F)F)c(F)c1. The average molecular weight is 354 g/mol. The van der Waals surface area contributed by atoms with Crippen LogP contribution in [0.15, 0.2) is 23.1 Å². The molecule has 0 spiro atoms. The molecule has 1 aromatic rings. The van der Waals surface area contributed by atoms with Gasteiger partial charge in [-0.15, -0.1) is 0 Å². The van der Waals surface area contributed by atoms with Gasteiger partial charge < -0.3 is 5.32 Å². The van der Waals surface area contributed by atoms with Crippen LogP contribution < -0.4 is 5.32 Å². The molecule has 1 heterocycles. The molecule has 130 valence electrons. The standard InChI is InChI=1S/C14H18F4N2O2S/c1-2-7-20(10-5-6-19-9-10)23(21,22)11-3-4-12(13(15)8-11)14(16,17)18/h3-4,8,10,19H,2,5-7,9H2,1H3. The van der Waals surface area contributed by atoms with Gasteiger partial charge in [-0.3, -0.25) is 0 Å². The number of benzene rings is 1. The Kier molecular flexibility index (Phi) is 5.32. The van der Waals surface area contributed by atoms with E-state index < -0.39 is 32.5 Å². The van der Waals surface area contributed by atoms with Crippen LogP contribution in [0.25, 0.3) is 0 Å². The van der Waals surface area contributed by atoms with Crippen LogP contribution in [0.3, 0.4) is 0 Å². The van der Waals surface area contributed by atoms with Gasteiger partial charge in [-0.05, 0) is 37.6 Å². The minimum atomic E-state index is -4.86. The van der Waals surface area contributed by atoms with Crippen LogP contribution >= 0.6 is 0 Å². The lowest BCUT2D eigenvalue weighted by Crippen LogP contribution is -2.42. The van der Waals surface area contributed by atoms with Crippen molar-refractivity contribution in [2.75, 3.05) is 19.6 Å². The molecule has 1 unspecified atom stereocenters. The molecule has 0 saturated carbocycles. The van der Waals surface area contributed by atoms with Crippen molar-refractivity contribution >= 4 is 10.0 Å². The summed E-state index contributed by atoms with van der Waals surface area (Å²) >= 11 is 0. The minimum Gasteiger partial charge on any atom is -0.315 e. The van der Waals surface area contributed by atoms with E-state index >= 15 is 0 Å². The number of alkyl halides is 3. The number of nitrogens with one attached hydrogen (secondary N) is 1. The number of halogens is 4. The molecule has 1 N–H and O–H groups in total. The number of hydrogen-bond acceptors (Lipinski definition) is 3. The summed E-state index contributed by atoms with van der Waals surface area (Å²) in [5, 5.41) is 3.05.